The number of hydrogen-bond donors (Lipinski definition) is 1. The van der Waals surface area contributed by atoms with Gasteiger partial charge in [0, 0.05) is 69.2 Å². The van der Waals surface area contributed by atoms with Crippen LogP contribution in [0.15, 0.2) is 34.9 Å². The highest BCUT2D eigenvalue weighted by atomic mass is 19.4. The van der Waals surface area contributed by atoms with Gasteiger partial charge in [-0.3, -0.25) is 14.5 Å². The van der Waals surface area contributed by atoms with E-state index >= 15 is 4.39 Å². The lowest BCUT2D eigenvalue weighted by molar-refractivity contribution is -0.124. The number of hydrogen-bond acceptors (Lipinski definition) is 5. The van der Waals surface area contributed by atoms with Crippen LogP contribution in [0.1, 0.15) is 32.3 Å². The first-order chi connectivity index (χ1) is 19.8. The molecule has 0 radical (unpaired) electrons. The lowest BCUT2D eigenvalue weighted by Crippen LogP contribution is -2.55. The molecule has 42 heavy (non-hydrogen) atoms. The molecule has 4 aliphatic rings. The Kier molecular flexibility index (Phi) is 8.15. The molecule has 1 aromatic rings. The quantitative estimate of drug-likeness (QED) is 0.538. The van der Waals surface area contributed by atoms with E-state index in [9.17, 15) is 27.6 Å². The lowest BCUT2D eigenvalue weighted by Gasteiger charge is -2.44. The fourth-order valence-electron chi connectivity index (χ4n) is 5.94. The number of piperazine rings is 1. The first-order valence-electron chi connectivity index (χ1n) is 14.0. The Morgan fingerprint density at radius 1 is 1.05 bits per heavy atom. The minimum atomic E-state index is -4.93. The summed E-state index contributed by atoms with van der Waals surface area (Å²) < 4.78 is 56.9. The van der Waals surface area contributed by atoms with Crippen LogP contribution in [0.2, 0.25) is 0 Å². The number of rotatable bonds is 4. The molecule has 0 bridgehead atoms. The van der Waals surface area contributed by atoms with Crippen molar-refractivity contribution in [2.45, 2.75) is 44.9 Å². The maximum absolute atomic E-state index is 15.8. The molecular weight excluding hydrogens is 556 g/mol. The van der Waals surface area contributed by atoms with Gasteiger partial charge in [0.25, 0.3) is 5.91 Å². The topological polar surface area (TPSA) is 88.6 Å². The van der Waals surface area contributed by atoms with Crippen LogP contribution in [0.5, 0.6) is 0 Å². The van der Waals surface area contributed by atoms with Gasteiger partial charge in [-0.1, -0.05) is 6.08 Å². The van der Waals surface area contributed by atoms with Gasteiger partial charge in [0.1, 0.15) is 11.7 Å². The monoisotopic (exact) mass is 590 g/mol. The molecule has 0 saturated carbocycles. The normalized spacial score (nSPS) is 25.2. The van der Waals surface area contributed by atoms with Gasteiger partial charge in [-0.15, -0.1) is 0 Å². The Morgan fingerprint density at radius 3 is 2.36 bits per heavy atom. The zero-order chi connectivity index (χ0) is 30.3. The number of amides is 4. The Morgan fingerprint density at radius 2 is 1.71 bits per heavy atom. The Bertz CT molecular complexity index is 1360. The Labute approximate surface area is 241 Å². The number of alkyl halides is 3. The number of likely N-dealkylation sites (tertiary alicyclic amines) is 1. The van der Waals surface area contributed by atoms with E-state index in [-0.39, 0.29) is 35.9 Å². The Hall–Kier alpha value is -3.74. The van der Waals surface area contributed by atoms with Gasteiger partial charge < -0.3 is 20.0 Å². The molecule has 1 N–H and O–H groups in total. The summed E-state index contributed by atoms with van der Waals surface area (Å²) in [5, 5.41) is 2.58. The lowest BCUT2D eigenvalue weighted by atomic mass is 9.95. The van der Waals surface area contributed by atoms with Crippen LogP contribution in [0.4, 0.5) is 33.7 Å². The van der Waals surface area contributed by atoms with Gasteiger partial charge in [0.05, 0.1) is 16.9 Å². The average molecular weight is 591 g/mol. The summed E-state index contributed by atoms with van der Waals surface area (Å²) >= 11 is 0. The molecule has 4 aliphatic heterocycles. The molecule has 0 spiro atoms. The second-order valence-corrected chi connectivity index (χ2v) is 11.4. The highest BCUT2D eigenvalue weighted by Gasteiger charge is 2.43. The van der Waals surface area contributed by atoms with Crippen LogP contribution < -0.4 is 10.2 Å². The number of nitrogens with zero attached hydrogens (tertiary/aromatic N) is 5. The number of halogens is 4. The maximum Gasteiger partial charge on any atom is 0.414 e. The first-order valence-corrected chi connectivity index (χ1v) is 14.0. The third kappa shape index (κ3) is 5.92. The fourth-order valence-corrected chi connectivity index (χ4v) is 5.94. The minimum Gasteiger partial charge on any atom is -0.367 e. The molecule has 226 valence electrons. The van der Waals surface area contributed by atoms with Crippen LogP contribution in [-0.4, -0.2) is 103 Å². The molecule has 1 unspecified atom stereocenters. The van der Waals surface area contributed by atoms with Crippen molar-refractivity contribution in [1.82, 2.24) is 14.7 Å². The molecular formula is C29H34F4N6O3. The van der Waals surface area contributed by atoms with Gasteiger partial charge in [0.2, 0.25) is 5.91 Å². The molecule has 2 fully saturated rings. The van der Waals surface area contributed by atoms with E-state index in [0.29, 0.717) is 56.3 Å². The number of likely N-dealkylation sites (N-methyl/N-ethyl adjacent to an activating group) is 1. The molecule has 9 nitrogen and oxygen atoms in total. The number of dihydropyridines is 1. The smallest absolute Gasteiger partial charge is 0.367 e. The third-order valence-corrected chi connectivity index (χ3v) is 8.53. The summed E-state index contributed by atoms with van der Waals surface area (Å²) in [5.41, 5.74) is -0.151. The number of nitrogens with one attached hydrogen (secondary N) is 1. The average Bonchev–Trinajstić information content (AvgIpc) is 3.64. The number of urea groups is 1. The minimum absolute atomic E-state index is 0.0824. The van der Waals surface area contributed by atoms with E-state index in [0.717, 1.165) is 12.8 Å². The van der Waals surface area contributed by atoms with E-state index in [1.54, 1.807) is 15.9 Å². The summed E-state index contributed by atoms with van der Waals surface area (Å²) in [6.07, 6.45) is -0.293. The zero-order valence-electron chi connectivity index (χ0n) is 23.7. The van der Waals surface area contributed by atoms with Gasteiger partial charge in [-0.2, -0.15) is 13.2 Å². The van der Waals surface area contributed by atoms with Crippen molar-refractivity contribution in [2.24, 2.45) is 10.9 Å². The third-order valence-electron chi connectivity index (χ3n) is 8.53. The van der Waals surface area contributed by atoms with Crippen LogP contribution >= 0.6 is 0 Å². The number of carbonyl (C=O) groups is 3. The summed E-state index contributed by atoms with van der Waals surface area (Å²) in [4.78, 5) is 48.7. The van der Waals surface area contributed by atoms with Crippen molar-refractivity contribution in [1.29, 1.82) is 0 Å². The zero-order valence-corrected chi connectivity index (χ0v) is 23.7. The molecule has 3 atom stereocenters. The highest BCUT2D eigenvalue weighted by molar-refractivity contribution is 6.11. The summed E-state index contributed by atoms with van der Waals surface area (Å²) in [6, 6.07) is 2.76. The number of aliphatic imine (C=N–C) groups is 1. The molecule has 4 heterocycles. The molecule has 0 aliphatic carbocycles. The fraction of sp³-hybridized carbons (Fsp3) is 0.517. The largest absolute Gasteiger partial charge is 0.414 e. The van der Waals surface area contributed by atoms with Crippen molar-refractivity contribution in [3.63, 3.8) is 0 Å². The maximum atomic E-state index is 15.8. The van der Waals surface area contributed by atoms with Crippen LogP contribution in [0.3, 0.4) is 0 Å². The van der Waals surface area contributed by atoms with Crippen LogP contribution in [0.25, 0.3) is 5.57 Å². The Balaban J connectivity index is 1.47. The predicted molar refractivity (Wildman–Crippen MR) is 151 cm³/mol. The predicted octanol–water partition coefficient (Wildman–Crippen LogP) is 3.92. The van der Waals surface area contributed by atoms with Gasteiger partial charge in [0.15, 0.2) is 0 Å². The number of anilines is 2. The second-order valence-electron chi connectivity index (χ2n) is 11.4. The van der Waals surface area contributed by atoms with E-state index in [1.807, 2.05) is 25.8 Å². The standard InChI is InChI=1S/C29H34F4N6O3/c1-17-14-39(15-18(2)36(17)3)25-12-23(30)20(19-6-9-38(16-19)28(42)37-7-4-5-8-37)10-24(25)35-27(41)21-13-34-26(40)11-22(21)29(31,32)33/h6,10-13,17-18,21H,4-5,7-9,14-16H2,1-3H3,(H,35,41)/t17-,18+,21?. The van der Waals surface area contributed by atoms with Crippen molar-refractivity contribution < 1.29 is 31.9 Å². The van der Waals surface area contributed by atoms with Crippen molar-refractivity contribution >= 4 is 41.0 Å². The number of carbonyl (C=O) groups excluding carboxylic acids is 3. The van der Waals surface area contributed by atoms with Crippen LogP contribution in [-0.2, 0) is 9.59 Å². The highest BCUT2D eigenvalue weighted by Crippen LogP contribution is 2.38. The van der Waals surface area contributed by atoms with Crippen molar-refractivity contribution in [3.05, 3.63) is 41.2 Å². The van der Waals surface area contributed by atoms with Gasteiger partial charge in [-0.05, 0) is 51.4 Å². The summed E-state index contributed by atoms with van der Waals surface area (Å²) in [5.74, 6) is -4.56. The molecule has 5 rings (SSSR count). The van der Waals surface area contributed by atoms with Crippen molar-refractivity contribution in [2.75, 3.05) is 56.5 Å². The van der Waals surface area contributed by atoms with Gasteiger partial charge in [-0.25, -0.2) is 14.2 Å². The second kappa shape index (κ2) is 11.5. The SMILES string of the molecule is C[C@@H]1CN(c2cc(F)c(C3=CCN(C(=O)N4CCCC4)C3)cc2NC(=O)C2C=NC(=O)C=C2C(F)(F)F)C[C@H](C)N1C. The van der Waals surface area contributed by atoms with E-state index in [1.165, 1.54) is 12.1 Å². The van der Waals surface area contributed by atoms with Crippen molar-refractivity contribution in [3.8, 4) is 0 Å². The summed E-state index contributed by atoms with van der Waals surface area (Å²) in [6.45, 7) is 6.83. The van der Waals surface area contributed by atoms with Crippen LogP contribution in [0, 0.1) is 11.7 Å². The number of benzene rings is 1. The molecule has 2 saturated heterocycles. The van der Waals surface area contributed by atoms with E-state index in [4.69, 9.17) is 0 Å². The molecule has 0 aromatic heterocycles. The molecule has 13 heteroatoms. The van der Waals surface area contributed by atoms with Gasteiger partial charge >= 0.3 is 12.2 Å². The van der Waals surface area contributed by atoms with E-state index < -0.39 is 35.3 Å². The summed E-state index contributed by atoms with van der Waals surface area (Å²) in [7, 11) is 1.98. The van der Waals surface area contributed by atoms with E-state index in [2.05, 4.69) is 15.2 Å². The first kappa shape index (κ1) is 29.7. The molecule has 1 aromatic carbocycles. The molecule has 4 amide bonds.